The van der Waals surface area contributed by atoms with Crippen LogP contribution in [-0.4, -0.2) is 41.0 Å². The molecule has 4 N–H and O–H groups in total. The summed E-state index contributed by atoms with van der Waals surface area (Å²) in [6.07, 6.45) is 0.942. The zero-order chi connectivity index (χ0) is 15.0. The molecule has 0 aromatic carbocycles. The number of rotatable bonds is 9. The van der Waals surface area contributed by atoms with Crippen molar-refractivity contribution in [3.05, 3.63) is 22.2 Å². The van der Waals surface area contributed by atoms with E-state index in [-0.39, 0.29) is 11.5 Å². The van der Waals surface area contributed by atoms with Gasteiger partial charge in [0.15, 0.2) is 0 Å². The van der Waals surface area contributed by atoms with Crippen molar-refractivity contribution >= 4 is 17.3 Å². The molecular weight excluding hydrogens is 260 g/mol. The Balaban J connectivity index is 2.55. The normalized spacial score (nSPS) is 10.6. The molecule has 0 spiro atoms. The van der Waals surface area contributed by atoms with E-state index in [0.29, 0.717) is 12.4 Å². The number of hydrazine groups is 1. The van der Waals surface area contributed by atoms with Crippen molar-refractivity contribution in [1.29, 1.82) is 0 Å². The maximum Gasteiger partial charge on any atom is 0.276 e. The minimum absolute atomic E-state index is 0.0424. The summed E-state index contributed by atoms with van der Waals surface area (Å²) >= 11 is 0. The molecule has 0 saturated carbocycles. The molecule has 0 atom stereocenters. The standard InChI is InChI=1S/C12H22N6O2/c1-3-17(4-2)7-5-6-14-11-8-10(18(19)20)9-12(15-11)16-13/h8-9H,3-7,13H2,1-2H3,(H2,14,15,16). The highest BCUT2D eigenvalue weighted by molar-refractivity contribution is 5.54. The van der Waals surface area contributed by atoms with Crippen molar-refractivity contribution in [2.45, 2.75) is 20.3 Å². The fraction of sp³-hybridized carbons (Fsp3) is 0.583. The molecule has 20 heavy (non-hydrogen) atoms. The lowest BCUT2D eigenvalue weighted by molar-refractivity contribution is -0.384. The second-order valence-electron chi connectivity index (χ2n) is 4.30. The van der Waals surface area contributed by atoms with Gasteiger partial charge in [0.25, 0.3) is 5.69 Å². The molecule has 1 heterocycles. The Bertz CT molecular complexity index is 436. The highest BCUT2D eigenvalue weighted by atomic mass is 16.6. The Morgan fingerprint density at radius 1 is 1.35 bits per heavy atom. The first-order valence-electron chi connectivity index (χ1n) is 6.70. The Morgan fingerprint density at radius 2 is 2.00 bits per heavy atom. The summed E-state index contributed by atoms with van der Waals surface area (Å²) in [5, 5.41) is 13.9. The first kappa shape index (κ1) is 16.1. The van der Waals surface area contributed by atoms with Gasteiger partial charge in [-0.25, -0.2) is 10.8 Å². The SMILES string of the molecule is CCN(CC)CCCNc1cc([N+](=O)[O-])cc(NN)n1. The number of nitrogen functional groups attached to an aromatic ring is 1. The van der Waals surface area contributed by atoms with Crippen LogP contribution in [0.25, 0.3) is 0 Å². The highest BCUT2D eigenvalue weighted by Crippen LogP contribution is 2.19. The number of nitrogens with one attached hydrogen (secondary N) is 2. The van der Waals surface area contributed by atoms with Crippen molar-refractivity contribution in [1.82, 2.24) is 9.88 Å². The lowest BCUT2D eigenvalue weighted by Crippen LogP contribution is -2.25. The molecule has 0 unspecified atom stereocenters. The summed E-state index contributed by atoms with van der Waals surface area (Å²) in [5.74, 6) is 5.97. The molecule has 1 aromatic rings. The lowest BCUT2D eigenvalue weighted by atomic mass is 10.3. The number of aromatic nitrogens is 1. The minimum Gasteiger partial charge on any atom is -0.370 e. The Kier molecular flexibility index (Phi) is 6.68. The van der Waals surface area contributed by atoms with Crippen molar-refractivity contribution < 1.29 is 4.92 Å². The first-order chi connectivity index (χ1) is 9.60. The van der Waals surface area contributed by atoms with E-state index < -0.39 is 4.92 Å². The van der Waals surface area contributed by atoms with E-state index in [0.717, 1.165) is 26.1 Å². The fourth-order valence-corrected chi connectivity index (χ4v) is 1.85. The molecule has 0 saturated heterocycles. The van der Waals surface area contributed by atoms with Crippen LogP contribution in [0.1, 0.15) is 20.3 Å². The predicted octanol–water partition coefficient (Wildman–Crippen LogP) is 1.42. The van der Waals surface area contributed by atoms with Crippen molar-refractivity contribution in [3.63, 3.8) is 0 Å². The molecule has 0 bridgehead atoms. The summed E-state index contributed by atoms with van der Waals surface area (Å²) in [6.45, 7) is 7.97. The summed E-state index contributed by atoms with van der Waals surface area (Å²) < 4.78 is 0. The van der Waals surface area contributed by atoms with Crippen LogP contribution in [0.15, 0.2) is 12.1 Å². The Morgan fingerprint density at radius 3 is 2.55 bits per heavy atom. The van der Waals surface area contributed by atoms with Gasteiger partial charge in [-0.15, -0.1) is 0 Å². The molecule has 0 fully saturated rings. The van der Waals surface area contributed by atoms with Crippen LogP contribution >= 0.6 is 0 Å². The number of nitrogens with zero attached hydrogens (tertiary/aromatic N) is 3. The van der Waals surface area contributed by atoms with E-state index in [1.165, 1.54) is 12.1 Å². The molecule has 8 heteroatoms. The number of hydrogen-bond donors (Lipinski definition) is 3. The number of nitro groups is 1. The van der Waals surface area contributed by atoms with Crippen LogP contribution in [0.4, 0.5) is 17.3 Å². The zero-order valence-electron chi connectivity index (χ0n) is 11.9. The van der Waals surface area contributed by atoms with E-state index in [9.17, 15) is 10.1 Å². The molecule has 0 amide bonds. The van der Waals surface area contributed by atoms with Gasteiger partial charge in [-0.05, 0) is 26.1 Å². The second-order valence-corrected chi connectivity index (χ2v) is 4.30. The van der Waals surface area contributed by atoms with E-state index in [1.54, 1.807) is 0 Å². The van der Waals surface area contributed by atoms with Crippen LogP contribution in [-0.2, 0) is 0 Å². The largest absolute Gasteiger partial charge is 0.370 e. The maximum atomic E-state index is 10.8. The van der Waals surface area contributed by atoms with E-state index in [2.05, 4.69) is 34.5 Å². The third kappa shape index (κ3) is 4.98. The number of pyridine rings is 1. The first-order valence-corrected chi connectivity index (χ1v) is 6.70. The summed E-state index contributed by atoms with van der Waals surface area (Å²) in [4.78, 5) is 16.8. The average Bonchev–Trinajstić information content (AvgIpc) is 2.47. The molecule has 0 aliphatic carbocycles. The van der Waals surface area contributed by atoms with Gasteiger partial charge >= 0.3 is 0 Å². The topological polar surface area (TPSA) is 109 Å². The van der Waals surface area contributed by atoms with E-state index in [4.69, 9.17) is 5.84 Å². The van der Waals surface area contributed by atoms with Gasteiger partial charge in [0.2, 0.25) is 0 Å². The number of hydrogen-bond acceptors (Lipinski definition) is 7. The van der Waals surface area contributed by atoms with Gasteiger partial charge in [0, 0.05) is 6.54 Å². The third-order valence-electron chi connectivity index (χ3n) is 3.02. The number of nitrogens with two attached hydrogens (primary N) is 1. The summed E-state index contributed by atoms with van der Waals surface area (Å²) in [5.41, 5.74) is 2.28. The summed E-state index contributed by atoms with van der Waals surface area (Å²) in [7, 11) is 0. The third-order valence-corrected chi connectivity index (χ3v) is 3.02. The smallest absolute Gasteiger partial charge is 0.276 e. The maximum absolute atomic E-state index is 10.8. The highest BCUT2D eigenvalue weighted by Gasteiger charge is 2.10. The molecule has 0 aliphatic heterocycles. The molecule has 8 nitrogen and oxygen atoms in total. The van der Waals surface area contributed by atoms with Crippen LogP contribution in [0.2, 0.25) is 0 Å². The van der Waals surface area contributed by atoms with Crippen molar-refractivity contribution in [2.24, 2.45) is 5.84 Å². The van der Waals surface area contributed by atoms with Crippen LogP contribution in [0.5, 0.6) is 0 Å². The van der Waals surface area contributed by atoms with Crippen molar-refractivity contribution in [3.8, 4) is 0 Å². The van der Waals surface area contributed by atoms with Crippen molar-refractivity contribution in [2.75, 3.05) is 36.9 Å². The lowest BCUT2D eigenvalue weighted by Gasteiger charge is -2.17. The molecule has 1 aromatic heterocycles. The fourth-order valence-electron chi connectivity index (χ4n) is 1.85. The molecule has 112 valence electrons. The second kappa shape index (κ2) is 8.28. The van der Waals surface area contributed by atoms with Crippen LogP contribution < -0.4 is 16.6 Å². The monoisotopic (exact) mass is 282 g/mol. The molecular formula is C12H22N6O2. The van der Waals surface area contributed by atoms with Gasteiger partial charge in [0.05, 0.1) is 17.1 Å². The van der Waals surface area contributed by atoms with Gasteiger partial charge in [-0.2, -0.15) is 0 Å². The molecule has 1 rings (SSSR count). The number of anilines is 2. The minimum atomic E-state index is -0.469. The van der Waals surface area contributed by atoms with Gasteiger partial charge in [0.1, 0.15) is 11.6 Å². The predicted molar refractivity (Wildman–Crippen MR) is 79.6 cm³/mol. The molecule has 0 radical (unpaired) electrons. The Labute approximate surface area is 118 Å². The Hall–Kier alpha value is -1.93. The van der Waals surface area contributed by atoms with E-state index in [1.807, 2.05) is 0 Å². The van der Waals surface area contributed by atoms with Gasteiger partial charge < -0.3 is 15.6 Å². The van der Waals surface area contributed by atoms with Crippen LogP contribution in [0, 0.1) is 10.1 Å². The quantitative estimate of drug-likeness (QED) is 0.272. The van der Waals surface area contributed by atoms with Gasteiger partial charge in [-0.3, -0.25) is 10.1 Å². The summed E-state index contributed by atoms with van der Waals surface area (Å²) in [6, 6.07) is 2.69. The van der Waals surface area contributed by atoms with E-state index >= 15 is 0 Å². The molecule has 0 aliphatic rings. The van der Waals surface area contributed by atoms with Gasteiger partial charge in [-0.1, -0.05) is 13.8 Å². The average molecular weight is 282 g/mol. The zero-order valence-corrected chi connectivity index (χ0v) is 11.9. The van der Waals surface area contributed by atoms with Crippen LogP contribution in [0.3, 0.4) is 0 Å².